The summed E-state index contributed by atoms with van der Waals surface area (Å²) in [7, 11) is 3.49. The molecule has 1 saturated heterocycles. The van der Waals surface area contributed by atoms with Crippen LogP contribution in [0.15, 0.2) is 0 Å². The number of hydrogen-bond acceptors (Lipinski definition) is 1. The molecule has 1 heterocycles. The van der Waals surface area contributed by atoms with Gasteiger partial charge in [0.1, 0.15) is 6.42 Å². The van der Waals surface area contributed by atoms with Crippen LogP contribution in [0.5, 0.6) is 0 Å². The zero-order valence-electron chi connectivity index (χ0n) is 3.53. The van der Waals surface area contributed by atoms with Gasteiger partial charge in [-0.15, -0.1) is 7.05 Å². The molecule has 1 fully saturated rings. The van der Waals surface area contributed by atoms with E-state index in [-0.39, 0.29) is 5.91 Å². The summed E-state index contributed by atoms with van der Waals surface area (Å²) in [6, 6.07) is 0. The number of amides is 1. The molecular formula is C4H7NO. The van der Waals surface area contributed by atoms with Gasteiger partial charge in [0.15, 0.2) is 0 Å². The lowest BCUT2D eigenvalue weighted by Gasteiger charge is -2.25. The summed E-state index contributed by atoms with van der Waals surface area (Å²) in [4.78, 5) is 10.9. The van der Waals surface area contributed by atoms with E-state index in [1.54, 1.807) is 0 Å². The normalized spacial score (nSPS) is 32.8. The Morgan fingerprint density at radius 3 is 2.33 bits per heavy atom. The molecule has 2 heteroatoms. The molecular weight excluding hydrogens is 78.0 g/mol. The average Bonchev–Trinajstić information content (AvgIpc) is 1.61. The van der Waals surface area contributed by atoms with Crippen LogP contribution in [0.2, 0.25) is 0 Å². The third-order valence-electron chi connectivity index (χ3n) is 1.05. The second kappa shape index (κ2) is 1.05. The van der Waals surface area contributed by atoms with Gasteiger partial charge in [-0.3, -0.25) is 0 Å². The lowest BCUT2D eigenvalue weighted by Crippen LogP contribution is -3.16. The molecule has 34 valence electrons. The van der Waals surface area contributed by atoms with Crippen molar-refractivity contribution >= 4 is 5.91 Å². The van der Waals surface area contributed by atoms with E-state index < -0.39 is 0 Å². The molecule has 2 nitrogen and oxygen atoms in total. The van der Waals surface area contributed by atoms with Crippen molar-refractivity contribution in [1.29, 1.82) is 0 Å². The van der Waals surface area contributed by atoms with Gasteiger partial charge < -0.3 is 4.90 Å². The monoisotopic (exact) mass is 85.1 g/mol. The lowest BCUT2D eigenvalue weighted by atomic mass is 10.2. The summed E-state index contributed by atoms with van der Waals surface area (Å²) in [6.07, 6.45) is 0.735. The minimum absolute atomic E-state index is 0.245. The second-order valence-electron chi connectivity index (χ2n) is 1.53. The minimum Gasteiger partial charge on any atom is -0.403 e. The first-order valence-corrected chi connectivity index (χ1v) is 2.01. The predicted molar refractivity (Wildman–Crippen MR) is 20.8 cm³/mol. The fraction of sp³-hybridized carbons (Fsp3) is 0.500. The predicted octanol–water partition coefficient (Wildman–Crippen LogP) is -1.41. The van der Waals surface area contributed by atoms with Gasteiger partial charge in [0, 0.05) is 0 Å². The summed E-state index contributed by atoms with van der Waals surface area (Å²) in [5, 5.41) is 0. The van der Waals surface area contributed by atoms with Crippen LogP contribution in [-0.4, -0.2) is 12.5 Å². The summed E-state index contributed by atoms with van der Waals surface area (Å²) in [5.41, 5.74) is 0. The third-order valence-corrected chi connectivity index (χ3v) is 1.05. The first-order chi connectivity index (χ1) is 2.80. The second-order valence-corrected chi connectivity index (χ2v) is 1.53. The molecule has 1 aliphatic rings. The lowest BCUT2D eigenvalue weighted by molar-refractivity contribution is -0.800. The largest absolute Gasteiger partial charge is 0.403 e. The number of likely N-dealkylation sites (tertiary alicyclic amines) is 1. The molecule has 0 spiro atoms. The maximum absolute atomic E-state index is 10.1. The topological polar surface area (TPSA) is 21.5 Å². The summed E-state index contributed by atoms with van der Waals surface area (Å²) >= 11 is 0. The van der Waals surface area contributed by atoms with Gasteiger partial charge in [-0.2, -0.15) is 0 Å². The van der Waals surface area contributed by atoms with E-state index in [0.29, 0.717) is 0 Å². The van der Waals surface area contributed by atoms with E-state index in [2.05, 4.69) is 7.05 Å². The Hall–Kier alpha value is -0.370. The molecule has 0 radical (unpaired) electrons. The van der Waals surface area contributed by atoms with Gasteiger partial charge >= 0.3 is 0 Å². The number of nitrogens with one attached hydrogen (secondary N) is 1. The van der Waals surface area contributed by atoms with E-state index in [1.165, 1.54) is 0 Å². The van der Waals surface area contributed by atoms with Crippen LogP contribution in [0.4, 0.5) is 0 Å². The third kappa shape index (κ3) is 0.337. The van der Waals surface area contributed by atoms with E-state index >= 15 is 0 Å². The van der Waals surface area contributed by atoms with Crippen molar-refractivity contribution in [3.05, 3.63) is 7.05 Å². The van der Waals surface area contributed by atoms with E-state index in [9.17, 15) is 4.79 Å². The molecule has 0 aromatic rings. The molecule has 1 N–H and O–H groups in total. The molecule has 0 aliphatic carbocycles. The number of carbonyl (C=O) groups excluding carboxylic acids is 1. The van der Waals surface area contributed by atoms with Gasteiger partial charge in [0.2, 0.25) is 0 Å². The van der Waals surface area contributed by atoms with Gasteiger partial charge in [-0.25, -0.2) is 4.79 Å². The maximum atomic E-state index is 10.1. The molecule has 0 aromatic heterocycles. The fourth-order valence-electron chi connectivity index (χ4n) is 0.404. The summed E-state index contributed by atoms with van der Waals surface area (Å²) in [6.45, 7) is 0.929. The quantitative estimate of drug-likeness (QED) is 0.283. The Morgan fingerprint density at radius 2 is 2.33 bits per heavy atom. The van der Waals surface area contributed by atoms with E-state index in [0.717, 1.165) is 17.9 Å². The highest BCUT2D eigenvalue weighted by molar-refractivity contribution is 5.70. The smallest absolute Gasteiger partial charge is 0.291 e. The highest BCUT2D eigenvalue weighted by Gasteiger charge is 2.19. The molecule has 1 atom stereocenters. The van der Waals surface area contributed by atoms with Crippen LogP contribution >= 0.6 is 0 Å². The Balaban J connectivity index is 2.39. The van der Waals surface area contributed by atoms with Crippen LogP contribution in [0, 0.1) is 7.05 Å². The molecule has 0 saturated carbocycles. The SMILES string of the molecule is [CH2-][NH+]1CCC1=O. The number of hydrogen-bond donors (Lipinski definition) is 1. The molecule has 1 unspecified atom stereocenters. The number of β-lactam (4-membered cyclic amide) rings is 1. The highest BCUT2D eigenvalue weighted by Crippen LogP contribution is 1.77. The molecule has 1 aliphatic heterocycles. The Kier molecular flexibility index (Phi) is 0.665. The van der Waals surface area contributed by atoms with Crippen molar-refractivity contribution in [2.24, 2.45) is 0 Å². The minimum atomic E-state index is 0.245. The maximum Gasteiger partial charge on any atom is 0.291 e. The zero-order chi connectivity index (χ0) is 4.57. The van der Waals surface area contributed by atoms with Crippen molar-refractivity contribution in [3.8, 4) is 0 Å². The van der Waals surface area contributed by atoms with E-state index in [1.807, 2.05) is 0 Å². The summed E-state index contributed by atoms with van der Waals surface area (Å²) in [5.74, 6) is 0.245. The van der Waals surface area contributed by atoms with Crippen molar-refractivity contribution in [1.82, 2.24) is 0 Å². The van der Waals surface area contributed by atoms with Crippen molar-refractivity contribution in [2.75, 3.05) is 6.54 Å². The van der Waals surface area contributed by atoms with Gasteiger partial charge in [-0.05, 0) is 0 Å². The van der Waals surface area contributed by atoms with E-state index in [4.69, 9.17) is 0 Å². The molecule has 6 heavy (non-hydrogen) atoms. The number of rotatable bonds is 0. The molecule has 0 bridgehead atoms. The Bertz CT molecular complexity index is 79.6. The average molecular weight is 85.1 g/mol. The van der Waals surface area contributed by atoms with Crippen LogP contribution in [0.1, 0.15) is 6.42 Å². The molecule has 1 amide bonds. The van der Waals surface area contributed by atoms with Gasteiger partial charge in [0.05, 0.1) is 6.54 Å². The highest BCUT2D eigenvalue weighted by atomic mass is 16.2. The van der Waals surface area contributed by atoms with Crippen molar-refractivity contribution in [3.63, 3.8) is 0 Å². The Labute approximate surface area is 36.7 Å². The van der Waals surface area contributed by atoms with Crippen LogP contribution in [-0.2, 0) is 4.79 Å². The van der Waals surface area contributed by atoms with Gasteiger partial charge in [-0.1, -0.05) is 0 Å². The van der Waals surface area contributed by atoms with Crippen molar-refractivity contribution in [2.45, 2.75) is 6.42 Å². The van der Waals surface area contributed by atoms with Gasteiger partial charge in [0.25, 0.3) is 5.91 Å². The Morgan fingerprint density at radius 1 is 1.83 bits per heavy atom. The fourth-order valence-corrected chi connectivity index (χ4v) is 0.404. The van der Waals surface area contributed by atoms with Crippen LogP contribution < -0.4 is 4.90 Å². The van der Waals surface area contributed by atoms with Crippen LogP contribution in [0.3, 0.4) is 0 Å². The standard InChI is InChI=1S/C4H7NO/c1-5-3-2-4(5)6/h5H,1-3H2. The number of quaternary nitrogens is 1. The molecule has 1 rings (SSSR count). The van der Waals surface area contributed by atoms with Crippen LogP contribution in [0.25, 0.3) is 0 Å². The molecule has 0 aromatic carbocycles. The van der Waals surface area contributed by atoms with Crippen molar-refractivity contribution < 1.29 is 9.69 Å². The first-order valence-electron chi connectivity index (χ1n) is 2.01. The summed E-state index contributed by atoms with van der Waals surface area (Å²) < 4.78 is 0. The zero-order valence-corrected chi connectivity index (χ0v) is 3.53. The first kappa shape index (κ1) is 3.81. The number of carbonyl (C=O) groups is 1.